The lowest BCUT2D eigenvalue weighted by Gasteiger charge is -2.31. The van der Waals surface area contributed by atoms with Crippen molar-refractivity contribution >= 4 is 16.7 Å². The maximum absolute atomic E-state index is 13.4. The Morgan fingerprint density at radius 1 is 1.15 bits per heavy atom. The van der Waals surface area contributed by atoms with Crippen LogP contribution in [0.4, 0.5) is 4.39 Å². The first-order valence-corrected chi connectivity index (χ1v) is 10.7. The van der Waals surface area contributed by atoms with Crippen molar-refractivity contribution in [1.82, 2.24) is 4.98 Å². The van der Waals surface area contributed by atoms with Gasteiger partial charge in [0.05, 0.1) is 18.5 Å². The number of methoxy groups -OCH3 is 1. The molecule has 7 nitrogen and oxygen atoms in total. The number of ketones is 1. The molecule has 1 aromatic heterocycles. The highest BCUT2D eigenvalue weighted by Crippen LogP contribution is 2.47. The summed E-state index contributed by atoms with van der Waals surface area (Å²) in [6.07, 6.45) is 1.53. The number of nitriles is 1. The van der Waals surface area contributed by atoms with Crippen LogP contribution in [0.3, 0.4) is 0 Å². The number of ether oxygens (including phenoxy) is 3. The van der Waals surface area contributed by atoms with E-state index in [4.69, 9.17) is 19.9 Å². The third-order valence-corrected chi connectivity index (χ3v) is 5.96. The van der Waals surface area contributed by atoms with Crippen LogP contribution in [0.25, 0.3) is 10.9 Å². The number of aromatic nitrogens is 1. The van der Waals surface area contributed by atoms with E-state index in [0.29, 0.717) is 53.2 Å². The summed E-state index contributed by atoms with van der Waals surface area (Å²) in [7, 11) is 1.56. The van der Waals surface area contributed by atoms with E-state index in [9.17, 15) is 14.4 Å². The number of carbonyl (C=O) groups is 1. The van der Waals surface area contributed by atoms with Gasteiger partial charge in [0.1, 0.15) is 34.7 Å². The van der Waals surface area contributed by atoms with Crippen LogP contribution in [0, 0.1) is 17.1 Å². The molecule has 1 atom stereocenters. The van der Waals surface area contributed by atoms with E-state index in [2.05, 4.69) is 11.1 Å². The van der Waals surface area contributed by atoms with E-state index in [1.165, 1.54) is 24.3 Å². The lowest BCUT2D eigenvalue weighted by molar-refractivity contribution is -0.116. The van der Waals surface area contributed by atoms with Gasteiger partial charge in [0, 0.05) is 29.4 Å². The third kappa shape index (κ3) is 3.71. The molecule has 1 aliphatic heterocycles. The summed E-state index contributed by atoms with van der Waals surface area (Å²) in [6.45, 7) is 0. The number of hydrogen-bond acceptors (Lipinski definition) is 7. The van der Waals surface area contributed by atoms with Gasteiger partial charge in [-0.05, 0) is 55.0 Å². The van der Waals surface area contributed by atoms with Gasteiger partial charge in [-0.25, -0.2) is 9.37 Å². The highest BCUT2D eigenvalue weighted by molar-refractivity contribution is 6.00. The lowest BCUT2D eigenvalue weighted by atomic mass is 9.77. The molecule has 0 amide bonds. The fraction of sp³-hybridized carbons (Fsp3) is 0.192. The number of nitrogens with two attached hydrogens (primary N) is 1. The number of halogens is 1. The van der Waals surface area contributed by atoms with Crippen molar-refractivity contribution in [3.8, 4) is 23.4 Å². The van der Waals surface area contributed by atoms with E-state index < -0.39 is 11.7 Å². The van der Waals surface area contributed by atoms with Crippen molar-refractivity contribution in [2.75, 3.05) is 7.11 Å². The molecule has 0 fully saturated rings. The zero-order valence-electron chi connectivity index (χ0n) is 18.3. The molecule has 0 spiro atoms. The van der Waals surface area contributed by atoms with Gasteiger partial charge < -0.3 is 19.9 Å². The van der Waals surface area contributed by atoms with E-state index in [1.54, 1.807) is 19.2 Å². The van der Waals surface area contributed by atoms with Gasteiger partial charge in [-0.15, -0.1) is 0 Å². The summed E-state index contributed by atoms with van der Waals surface area (Å²) in [6, 6.07) is 14.8. The maximum Gasteiger partial charge on any atom is 0.224 e. The second kappa shape index (κ2) is 8.52. The topological polar surface area (TPSA) is 107 Å². The number of pyridine rings is 1. The van der Waals surface area contributed by atoms with Gasteiger partial charge in [-0.2, -0.15) is 5.26 Å². The lowest BCUT2D eigenvalue weighted by Crippen LogP contribution is -2.27. The van der Waals surface area contributed by atoms with E-state index >= 15 is 0 Å². The molecular weight excluding hydrogens is 437 g/mol. The van der Waals surface area contributed by atoms with E-state index in [0.717, 1.165) is 5.39 Å². The van der Waals surface area contributed by atoms with E-state index in [1.807, 2.05) is 12.1 Å². The molecule has 0 saturated carbocycles. The molecular formula is C26H20FN3O4. The number of rotatable bonds is 4. The fourth-order valence-electron chi connectivity index (χ4n) is 4.35. The summed E-state index contributed by atoms with van der Waals surface area (Å²) >= 11 is 0. The summed E-state index contributed by atoms with van der Waals surface area (Å²) in [4.78, 5) is 17.7. The number of carbonyl (C=O) groups excluding carboxylic acids is 1. The first kappa shape index (κ1) is 21.5. The maximum atomic E-state index is 13.4. The summed E-state index contributed by atoms with van der Waals surface area (Å²) in [5.74, 6) is 0.279. The summed E-state index contributed by atoms with van der Waals surface area (Å²) in [5, 5.41) is 10.7. The number of hydrogen-bond donors (Lipinski definition) is 1. The monoisotopic (exact) mass is 457 g/mol. The van der Waals surface area contributed by atoms with Crippen LogP contribution in [-0.2, 0) is 9.53 Å². The predicted octanol–water partition coefficient (Wildman–Crippen LogP) is 4.99. The smallest absolute Gasteiger partial charge is 0.224 e. The average molecular weight is 457 g/mol. The van der Waals surface area contributed by atoms with Crippen molar-refractivity contribution in [3.63, 3.8) is 0 Å². The van der Waals surface area contributed by atoms with Crippen LogP contribution in [0.2, 0.25) is 0 Å². The van der Waals surface area contributed by atoms with Gasteiger partial charge in [0.2, 0.25) is 11.8 Å². The second-order valence-electron chi connectivity index (χ2n) is 8.04. The normalized spacial score (nSPS) is 17.8. The van der Waals surface area contributed by atoms with Gasteiger partial charge in [-0.3, -0.25) is 4.79 Å². The Bertz CT molecular complexity index is 1420. The van der Waals surface area contributed by atoms with Crippen LogP contribution < -0.4 is 15.2 Å². The molecule has 3 aromatic rings. The average Bonchev–Trinajstić information content (AvgIpc) is 2.84. The number of Topliss-reactive ketones (excluding diaryl/α,β-unsaturated/α-hetero) is 1. The zero-order chi connectivity index (χ0) is 23.8. The Labute approximate surface area is 194 Å². The SMILES string of the molecule is COc1ccc2nc(Oc3ccc(F)cc3)c(C3C(C#N)=C(N)OC4=C3C(=O)CCC4)cc2c1. The molecule has 2 aromatic carbocycles. The van der Waals surface area contributed by atoms with Crippen LogP contribution >= 0.6 is 0 Å². The second-order valence-corrected chi connectivity index (χ2v) is 8.04. The van der Waals surface area contributed by atoms with Gasteiger partial charge in [-0.1, -0.05) is 0 Å². The Balaban J connectivity index is 1.75. The minimum Gasteiger partial charge on any atom is -0.497 e. The first-order chi connectivity index (χ1) is 16.5. The molecule has 34 heavy (non-hydrogen) atoms. The Morgan fingerprint density at radius 2 is 1.91 bits per heavy atom. The summed E-state index contributed by atoms with van der Waals surface area (Å²) in [5.41, 5.74) is 7.72. The van der Waals surface area contributed by atoms with Crippen LogP contribution in [0.1, 0.15) is 30.7 Å². The highest BCUT2D eigenvalue weighted by Gasteiger charge is 2.40. The molecule has 2 heterocycles. The van der Waals surface area contributed by atoms with Crippen molar-refractivity contribution in [2.45, 2.75) is 25.2 Å². The van der Waals surface area contributed by atoms with Crippen molar-refractivity contribution in [1.29, 1.82) is 5.26 Å². The molecule has 8 heteroatoms. The first-order valence-electron chi connectivity index (χ1n) is 10.7. The fourth-order valence-corrected chi connectivity index (χ4v) is 4.35. The predicted molar refractivity (Wildman–Crippen MR) is 121 cm³/mol. The largest absolute Gasteiger partial charge is 0.497 e. The minimum atomic E-state index is -0.805. The third-order valence-electron chi connectivity index (χ3n) is 5.96. The number of benzene rings is 2. The standard InChI is InChI=1S/C26H20FN3O4/c1-32-17-9-10-20-14(11-17)12-18(26(30-20)33-16-7-5-15(27)6-8-16)23-19(13-28)25(29)34-22-4-2-3-21(31)24(22)23/h5-12,23H,2-4,29H2,1H3. The Kier molecular flexibility index (Phi) is 5.38. The Hall–Kier alpha value is -4.38. The molecule has 0 radical (unpaired) electrons. The molecule has 170 valence electrons. The molecule has 0 saturated heterocycles. The number of fused-ring (bicyclic) bond motifs is 1. The Morgan fingerprint density at radius 3 is 2.65 bits per heavy atom. The van der Waals surface area contributed by atoms with Crippen LogP contribution in [0.15, 0.2) is 71.3 Å². The minimum absolute atomic E-state index is 0.0422. The van der Waals surface area contributed by atoms with Gasteiger partial charge in [0.25, 0.3) is 0 Å². The quantitative estimate of drug-likeness (QED) is 0.588. The van der Waals surface area contributed by atoms with E-state index in [-0.39, 0.29) is 23.1 Å². The zero-order valence-corrected chi connectivity index (χ0v) is 18.3. The van der Waals surface area contributed by atoms with Crippen molar-refractivity contribution in [2.24, 2.45) is 5.73 Å². The highest BCUT2D eigenvalue weighted by atomic mass is 19.1. The number of allylic oxidation sites excluding steroid dienone is 3. The molecule has 2 N–H and O–H groups in total. The van der Waals surface area contributed by atoms with Gasteiger partial charge >= 0.3 is 0 Å². The molecule has 1 unspecified atom stereocenters. The molecule has 0 bridgehead atoms. The number of nitrogens with zero attached hydrogens (tertiary/aromatic N) is 2. The van der Waals surface area contributed by atoms with Crippen LogP contribution in [-0.4, -0.2) is 17.9 Å². The van der Waals surface area contributed by atoms with Crippen molar-refractivity contribution < 1.29 is 23.4 Å². The van der Waals surface area contributed by atoms with Gasteiger partial charge in [0.15, 0.2) is 5.78 Å². The molecule has 5 rings (SSSR count). The van der Waals surface area contributed by atoms with Crippen LogP contribution in [0.5, 0.6) is 17.4 Å². The molecule has 1 aliphatic carbocycles. The summed E-state index contributed by atoms with van der Waals surface area (Å²) < 4.78 is 30.5. The molecule has 2 aliphatic rings. The van der Waals surface area contributed by atoms with Crippen molar-refractivity contribution in [3.05, 3.63) is 82.7 Å².